The molecule has 0 saturated heterocycles. The number of anilines is 1. The van der Waals surface area contributed by atoms with Crippen LogP contribution in [0.25, 0.3) is 5.82 Å². The molecule has 2 heterocycles. The van der Waals surface area contributed by atoms with Crippen molar-refractivity contribution >= 4 is 27.7 Å². The normalized spacial score (nSPS) is 10.4. The van der Waals surface area contributed by atoms with E-state index in [1.807, 2.05) is 36.4 Å². The topological polar surface area (TPSA) is 84.7 Å². The second-order valence-corrected chi connectivity index (χ2v) is 5.74. The molecule has 24 heavy (non-hydrogen) atoms. The maximum atomic E-state index is 12.0. The minimum absolute atomic E-state index is 0.121. The highest BCUT2D eigenvalue weighted by atomic mass is 79.9. The zero-order valence-corrected chi connectivity index (χ0v) is 14.3. The van der Waals surface area contributed by atoms with Gasteiger partial charge in [0, 0.05) is 30.0 Å². The molecule has 0 fully saturated rings. The van der Waals surface area contributed by atoms with Gasteiger partial charge < -0.3 is 10.6 Å². The van der Waals surface area contributed by atoms with E-state index in [1.54, 1.807) is 23.1 Å². The molecule has 7 nitrogen and oxygen atoms in total. The van der Waals surface area contributed by atoms with Crippen LogP contribution in [0.5, 0.6) is 0 Å². The number of carbonyl (C=O) groups is 1. The van der Waals surface area contributed by atoms with Gasteiger partial charge in [-0.25, -0.2) is 4.68 Å². The molecule has 0 radical (unpaired) electrons. The van der Waals surface area contributed by atoms with E-state index in [0.29, 0.717) is 30.3 Å². The zero-order chi connectivity index (χ0) is 16.8. The first-order valence-electron chi connectivity index (χ1n) is 7.34. The molecule has 0 spiro atoms. The van der Waals surface area contributed by atoms with Gasteiger partial charge in [0.15, 0.2) is 5.82 Å². The van der Waals surface area contributed by atoms with E-state index >= 15 is 0 Å². The number of aromatic nitrogens is 4. The standard InChI is InChI=1S/C16H15BrN6O/c17-13-5-2-1-4-12(13)16(24)19-10-9-18-14-6-7-15(22-21-14)23-11-3-8-20-23/h1-8,11H,9-10H2,(H,18,21)(H,19,24). The van der Waals surface area contributed by atoms with Crippen molar-refractivity contribution in [1.82, 2.24) is 25.3 Å². The van der Waals surface area contributed by atoms with Gasteiger partial charge in [0.05, 0.1) is 5.56 Å². The maximum Gasteiger partial charge on any atom is 0.252 e. The summed E-state index contributed by atoms with van der Waals surface area (Å²) in [6, 6.07) is 12.8. The van der Waals surface area contributed by atoms with Crippen LogP contribution >= 0.6 is 15.9 Å². The quantitative estimate of drug-likeness (QED) is 0.634. The Bertz CT molecular complexity index is 804. The molecule has 0 bridgehead atoms. The van der Waals surface area contributed by atoms with Crippen molar-refractivity contribution in [2.24, 2.45) is 0 Å². The SMILES string of the molecule is O=C(NCCNc1ccc(-n2cccn2)nn1)c1ccccc1Br. The lowest BCUT2D eigenvalue weighted by molar-refractivity contribution is 0.0954. The first-order chi connectivity index (χ1) is 11.7. The number of hydrogen-bond donors (Lipinski definition) is 2. The average Bonchev–Trinajstić information content (AvgIpc) is 3.14. The van der Waals surface area contributed by atoms with Gasteiger partial charge in [-0.1, -0.05) is 12.1 Å². The molecule has 0 unspecified atom stereocenters. The summed E-state index contributed by atoms with van der Waals surface area (Å²) in [6.07, 6.45) is 3.48. The Morgan fingerprint density at radius 1 is 1.08 bits per heavy atom. The van der Waals surface area contributed by atoms with Crippen molar-refractivity contribution in [1.29, 1.82) is 0 Å². The van der Waals surface area contributed by atoms with Gasteiger partial charge in [-0.15, -0.1) is 10.2 Å². The highest BCUT2D eigenvalue weighted by Crippen LogP contribution is 2.15. The highest BCUT2D eigenvalue weighted by molar-refractivity contribution is 9.10. The highest BCUT2D eigenvalue weighted by Gasteiger charge is 2.08. The van der Waals surface area contributed by atoms with E-state index in [9.17, 15) is 4.79 Å². The zero-order valence-electron chi connectivity index (χ0n) is 12.7. The molecule has 3 aromatic rings. The summed E-state index contributed by atoms with van der Waals surface area (Å²) >= 11 is 3.36. The monoisotopic (exact) mass is 386 g/mol. The molecule has 1 amide bonds. The number of hydrogen-bond acceptors (Lipinski definition) is 5. The van der Waals surface area contributed by atoms with Gasteiger partial charge in [0.2, 0.25) is 0 Å². The first kappa shape index (κ1) is 16.1. The van der Waals surface area contributed by atoms with Crippen LogP contribution in [0.2, 0.25) is 0 Å². The lowest BCUT2D eigenvalue weighted by Crippen LogP contribution is -2.29. The molecular formula is C16H15BrN6O. The Morgan fingerprint density at radius 2 is 1.96 bits per heavy atom. The van der Waals surface area contributed by atoms with Crippen molar-refractivity contribution in [3.05, 3.63) is 64.9 Å². The summed E-state index contributed by atoms with van der Waals surface area (Å²) in [4.78, 5) is 12.0. The van der Waals surface area contributed by atoms with Gasteiger partial charge in [0.1, 0.15) is 5.82 Å². The third-order valence-electron chi connectivity index (χ3n) is 3.22. The molecule has 8 heteroatoms. The summed E-state index contributed by atoms with van der Waals surface area (Å²) in [5, 5.41) is 18.2. The Hall–Kier alpha value is -2.74. The van der Waals surface area contributed by atoms with Crippen molar-refractivity contribution in [2.75, 3.05) is 18.4 Å². The number of rotatable bonds is 6. The molecule has 0 aliphatic rings. The molecule has 3 rings (SSSR count). The third-order valence-corrected chi connectivity index (χ3v) is 3.92. The van der Waals surface area contributed by atoms with Crippen molar-refractivity contribution < 1.29 is 4.79 Å². The Morgan fingerprint density at radius 3 is 2.67 bits per heavy atom. The van der Waals surface area contributed by atoms with E-state index in [-0.39, 0.29) is 5.91 Å². The second kappa shape index (κ2) is 7.69. The minimum Gasteiger partial charge on any atom is -0.367 e. The van der Waals surface area contributed by atoms with Crippen LogP contribution in [0.4, 0.5) is 5.82 Å². The van der Waals surface area contributed by atoms with E-state index in [1.165, 1.54) is 0 Å². The fourth-order valence-electron chi connectivity index (χ4n) is 2.05. The molecule has 0 aliphatic heterocycles. The lowest BCUT2D eigenvalue weighted by atomic mass is 10.2. The first-order valence-corrected chi connectivity index (χ1v) is 8.14. The summed E-state index contributed by atoms with van der Waals surface area (Å²) in [6.45, 7) is 1.02. The molecular weight excluding hydrogens is 372 g/mol. The minimum atomic E-state index is -0.121. The van der Waals surface area contributed by atoms with Gasteiger partial charge >= 0.3 is 0 Å². The Labute approximate surface area is 147 Å². The van der Waals surface area contributed by atoms with E-state index in [0.717, 1.165) is 4.47 Å². The van der Waals surface area contributed by atoms with Gasteiger partial charge in [-0.05, 0) is 46.3 Å². The van der Waals surface area contributed by atoms with Crippen LogP contribution in [-0.4, -0.2) is 39.0 Å². The lowest BCUT2D eigenvalue weighted by Gasteiger charge is -2.08. The van der Waals surface area contributed by atoms with E-state index in [4.69, 9.17) is 0 Å². The predicted octanol–water partition coefficient (Wildman–Crippen LogP) is 2.27. The van der Waals surface area contributed by atoms with Crippen molar-refractivity contribution in [2.45, 2.75) is 0 Å². The largest absolute Gasteiger partial charge is 0.367 e. The molecule has 0 saturated carbocycles. The molecule has 0 aliphatic carbocycles. The van der Waals surface area contributed by atoms with Gasteiger partial charge in [-0.2, -0.15) is 5.10 Å². The molecule has 1 aromatic carbocycles. The number of nitrogens with zero attached hydrogens (tertiary/aromatic N) is 4. The summed E-state index contributed by atoms with van der Waals surface area (Å²) < 4.78 is 2.41. The van der Waals surface area contributed by atoms with Crippen LogP contribution < -0.4 is 10.6 Å². The number of halogens is 1. The number of benzene rings is 1. The molecule has 122 valence electrons. The number of amides is 1. The second-order valence-electron chi connectivity index (χ2n) is 4.89. The maximum absolute atomic E-state index is 12.0. The molecule has 0 atom stereocenters. The van der Waals surface area contributed by atoms with E-state index < -0.39 is 0 Å². The fraction of sp³-hybridized carbons (Fsp3) is 0.125. The van der Waals surface area contributed by atoms with Crippen LogP contribution in [0, 0.1) is 0 Å². The third kappa shape index (κ3) is 3.96. The van der Waals surface area contributed by atoms with Crippen LogP contribution in [-0.2, 0) is 0 Å². The van der Waals surface area contributed by atoms with Crippen LogP contribution in [0.1, 0.15) is 10.4 Å². The van der Waals surface area contributed by atoms with Crippen LogP contribution in [0.3, 0.4) is 0 Å². The average molecular weight is 387 g/mol. The Balaban J connectivity index is 1.47. The van der Waals surface area contributed by atoms with Gasteiger partial charge in [-0.3, -0.25) is 4.79 Å². The fourth-order valence-corrected chi connectivity index (χ4v) is 2.52. The van der Waals surface area contributed by atoms with Crippen LogP contribution in [0.15, 0.2) is 59.3 Å². The summed E-state index contributed by atoms with van der Waals surface area (Å²) in [5.41, 5.74) is 0.612. The summed E-state index contributed by atoms with van der Waals surface area (Å²) in [7, 11) is 0. The molecule has 2 aromatic heterocycles. The summed E-state index contributed by atoms with van der Waals surface area (Å²) in [5.74, 6) is 1.17. The number of carbonyl (C=O) groups excluding carboxylic acids is 1. The number of nitrogens with one attached hydrogen (secondary N) is 2. The van der Waals surface area contributed by atoms with Crippen molar-refractivity contribution in [3.63, 3.8) is 0 Å². The predicted molar refractivity (Wildman–Crippen MR) is 94.1 cm³/mol. The van der Waals surface area contributed by atoms with Gasteiger partial charge in [0.25, 0.3) is 5.91 Å². The molecule has 2 N–H and O–H groups in total. The van der Waals surface area contributed by atoms with E-state index in [2.05, 4.69) is 41.9 Å². The van der Waals surface area contributed by atoms with Crippen molar-refractivity contribution in [3.8, 4) is 5.82 Å². The Kier molecular flexibility index (Phi) is 5.17. The smallest absolute Gasteiger partial charge is 0.252 e.